The molecule has 0 bridgehead atoms. The number of aromatic nitrogens is 2. The first-order valence-electron chi connectivity index (χ1n) is 6.74. The largest absolute Gasteiger partial charge is 0.310 e. The molecule has 5 heteroatoms. The lowest BCUT2D eigenvalue weighted by Crippen LogP contribution is -2.26. The molecule has 1 amide bonds. The smallest absolute Gasteiger partial charge is 0.239 e. The lowest BCUT2D eigenvalue weighted by atomic mass is 10.1. The molecular weight excluding hydrogens is 270 g/mol. The van der Waals surface area contributed by atoms with Crippen LogP contribution in [0.4, 0.5) is 5.82 Å². The average molecular weight is 287 g/mol. The number of carbonyl (C=O) groups is 1. The molecule has 0 saturated carbocycles. The van der Waals surface area contributed by atoms with Gasteiger partial charge in [-0.05, 0) is 31.9 Å². The molecule has 3 rings (SSSR count). The summed E-state index contributed by atoms with van der Waals surface area (Å²) in [6.07, 6.45) is 2.51. The van der Waals surface area contributed by atoms with Crippen molar-refractivity contribution in [2.45, 2.75) is 36.5 Å². The van der Waals surface area contributed by atoms with Crippen molar-refractivity contribution < 1.29 is 4.79 Å². The van der Waals surface area contributed by atoms with Crippen LogP contribution in [-0.2, 0) is 11.2 Å². The zero-order chi connectivity index (χ0) is 14.1. The number of nitrogens with zero attached hydrogens (tertiary/aromatic N) is 2. The van der Waals surface area contributed by atoms with Gasteiger partial charge in [-0.3, -0.25) is 4.79 Å². The van der Waals surface area contributed by atoms with E-state index in [0.717, 1.165) is 12.2 Å². The van der Waals surface area contributed by atoms with Crippen molar-refractivity contribution in [3.8, 4) is 0 Å². The van der Waals surface area contributed by atoms with Crippen molar-refractivity contribution in [3.63, 3.8) is 0 Å². The van der Waals surface area contributed by atoms with Crippen LogP contribution in [0.2, 0.25) is 0 Å². The van der Waals surface area contributed by atoms with Gasteiger partial charge in [-0.15, -0.1) is 11.8 Å². The lowest BCUT2D eigenvalue weighted by Gasteiger charge is -2.14. The summed E-state index contributed by atoms with van der Waals surface area (Å²) < 4.78 is 1.82. The molecule has 4 nitrogen and oxygen atoms in total. The Morgan fingerprint density at radius 1 is 1.40 bits per heavy atom. The van der Waals surface area contributed by atoms with Crippen LogP contribution >= 0.6 is 11.8 Å². The Labute approximate surface area is 122 Å². The van der Waals surface area contributed by atoms with Crippen LogP contribution < -0.4 is 5.32 Å². The van der Waals surface area contributed by atoms with Gasteiger partial charge in [0.1, 0.15) is 5.82 Å². The molecule has 0 fully saturated rings. The normalized spacial score (nSPS) is 17.2. The summed E-state index contributed by atoms with van der Waals surface area (Å²) in [5.74, 6) is 0.815. The van der Waals surface area contributed by atoms with Gasteiger partial charge in [0.05, 0.1) is 11.4 Å². The van der Waals surface area contributed by atoms with Crippen LogP contribution in [0.15, 0.2) is 41.4 Å². The number of nitrogens with one attached hydrogen (secondary N) is 1. The van der Waals surface area contributed by atoms with Gasteiger partial charge in [-0.1, -0.05) is 18.2 Å². The number of amides is 1. The Kier molecular flexibility index (Phi) is 3.53. The molecule has 0 radical (unpaired) electrons. The highest BCUT2D eigenvalue weighted by Gasteiger charge is 2.28. The first-order valence-corrected chi connectivity index (χ1v) is 7.62. The number of hydrogen-bond donors (Lipinski definition) is 1. The first-order chi connectivity index (χ1) is 9.65. The standard InChI is InChI=1S/C15H17N3OS/c1-10(2)18-14(7-8-16-18)17-15(19)13-9-11-5-3-4-6-12(11)20-13/h3-8,10,13H,9H2,1-2H3,(H,17,19). The lowest BCUT2D eigenvalue weighted by molar-refractivity contribution is -0.115. The maximum Gasteiger partial charge on any atom is 0.239 e. The van der Waals surface area contributed by atoms with E-state index >= 15 is 0 Å². The summed E-state index contributed by atoms with van der Waals surface area (Å²) in [7, 11) is 0. The van der Waals surface area contributed by atoms with Gasteiger partial charge in [0.2, 0.25) is 5.91 Å². The number of anilines is 1. The van der Waals surface area contributed by atoms with Crippen molar-refractivity contribution >= 4 is 23.5 Å². The molecule has 1 N–H and O–H groups in total. The maximum atomic E-state index is 12.4. The van der Waals surface area contributed by atoms with Crippen LogP contribution in [0.5, 0.6) is 0 Å². The number of thioether (sulfide) groups is 1. The van der Waals surface area contributed by atoms with E-state index in [1.165, 1.54) is 10.5 Å². The number of fused-ring (bicyclic) bond motifs is 1. The molecular formula is C15H17N3OS. The van der Waals surface area contributed by atoms with Gasteiger partial charge >= 0.3 is 0 Å². The van der Waals surface area contributed by atoms with Crippen molar-refractivity contribution in [1.29, 1.82) is 0 Å². The number of hydrogen-bond acceptors (Lipinski definition) is 3. The fourth-order valence-electron chi connectivity index (χ4n) is 2.36. The third-order valence-electron chi connectivity index (χ3n) is 3.35. The van der Waals surface area contributed by atoms with Crippen molar-refractivity contribution in [1.82, 2.24) is 9.78 Å². The van der Waals surface area contributed by atoms with Crippen LogP contribution in [0, 0.1) is 0 Å². The fraction of sp³-hybridized carbons (Fsp3) is 0.333. The van der Waals surface area contributed by atoms with E-state index in [-0.39, 0.29) is 17.2 Å². The van der Waals surface area contributed by atoms with Crippen molar-refractivity contribution in [2.24, 2.45) is 0 Å². The fourth-order valence-corrected chi connectivity index (χ4v) is 3.56. The van der Waals surface area contributed by atoms with Gasteiger partial charge < -0.3 is 5.32 Å². The summed E-state index contributed by atoms with van der Waals surface area (Å²) in [6.45, 7) is 4.09. The molecule has 1 atom stereocenters. The van der Waals surface area contributed by atoms with Gasteiger partial charge in [-0.25, -0.2) is 4.68 Å². The second-order valence-electron chi connectivity index (χ2n) is 5.16. The topological polar surface area (TPSA) is 46.9 Å². The molecule has 1 aliphatic rings. The number of carbonyl (C=O) groups excluding carboxylic acids is 1. The third-order valence-corrected chi connectivity index (χ3v) is 4.67. The van der Waals surface area contributed by atoms with E-state index in [2.05, 4.69) is 22.5 Å². The van der Waals surface area contributed by atoms with Crippen molar-refractivity contribution in [3.05, 3.63) is 42.1 Å². The van der Waals surface area contributed by atoms with E-state index < -0.39 is 0 Å². The highest BCUT2D eigenvalue weighted by molar-refractivity contribution is 8.01. The molecule has 0 aliphatic carbocycles. The molecule has 1 aliphatic heterocycles. The highest BCUT2D eigenvalue weighted by Crippen LogP contribution is 2.37. The van der Waals surface area contributed by atoms with Gasteiger partial charge in [-0.2, -0.15) is 5.10 Å². The van der Waals surface area contributed by atoms with E-state index in [1.807, 2.05) is 36.7 Å². The minimum atomic E-state index is -0.0529. The molecule has 2 heterocycles. The molecule has 20 heavy (non-hydrogen) atoms. The van der Waals surface area contributed by atoms with Crippen molar-refractivity contribution in [2.75, 3.05) is 5.32 Å². The summed E-state index contributed by atoms with van der Waals surface area (Å²) in [5, 5.41) is 7.17. The average Bonchev–Trinajstić information content (AvgIpc) is 3.03. The molecule has 0 saturated heterocycles. The summed E-state index contributed by atoms with van der Waals surface area (Å²) in [5.41, 5.74) is 1.26. The summed E-state index contributed by atoms with van der Waals surface area (Å²) in [4.78, 5) is 13.6. The summed E-state index contributed by atoms with van der Waals surface area (Å²) in [6, 6.07) is 10.3. The molecule has 104 valence electrons. The predicted molar refractivity (Wildman–Crippen MR) is 81.0 cm³/mol. The molecule has 0 spiro atoms. The molecule has 1 unspecified atom stereocenters. The minimum Gasteiger partial charge on any atom is -0.310 e. The van der Waals surface area contributed by atoms with Gasteiger partial charge in [0.15, 0.2) is 0 Å². The van der Waals surface area contributed by atoms with E-state index in [4.69, 9.17) is 0 Å². The third kappa shape index (κ3) is 2.45. The van der Waals surface area contributed by atoms with Crippen LogP contribution in [0.25, 0.3) is 0 Å². The Bertz CT molecular complexity index is 611. The van der Waals surface area contributed by atoms with Crippen LogP contribution in [0.1, 0.15) is 25.5 Å². The first kappa shape index (κ1) is 13.2. The maximum absolute atomic E-state index is 12.4. The van der Waals surface area contributed by atoms with E-state index in [0.29, 0.717) is 0 Å². The monoisotopic (exact) mass is 287 g/mol. The summed E-state index contributed by atoms with van der Waals surface area (Å²) >= 11 is 1.64. The van der Waals surface area contributed by atoms with E-state index in [9.17, 15) is 4.79 Å². The second-order valence-corrected chi connectivity index (χ2v) is 6.41. The SMILES string of the molecule is CC(C)n1nccc1NC(=O)C1Cc2ccccc2S1. The zero-order valence-corrected chi connectivity index (χ0v) is 12.4. The second kappa shape index (κ2) is 5.32. The predicted octanol–water partition coefficient (Wildman–Crippen LogP) is 3.12. The Morgan fingerprint density at radius 3 is 2.95 bits per heavy atom. The Balaban J connectivity index is 1.71. The quantitative estimate of drug-likeness (QED) is 0.943. The Morgan fingerprint density at radius 2 is 2.20 bits per heavy atom. The highest BCUT2D eigenvalue weighted by atomic mass is 32.2. The molecule has 2 aromatic rings. The number of benzene rings is 1. The van der Waals surface area contributed by atoms with Crippen LogP contribution in [0.3, 0.4) is 0 Å². The van der Waals surface area contributed by atoms with Gasteiger partial charge in [0.25, 0.3) is 0 Å². The number of rotatable bonds is 3. The minimum absolute atomic E-state index is 0.0496. The Hall–Kier alpha value is -1.75. The molecule has 1 aromatic heterocycles. The van der Waals surface area contributed by atoms with Gasteiger partial charge in [0, 0.05) is 17.0 Å². The van der Waals surface area contributed by atoms with E-state index in [1.54, 1.807) is 18.0 Å². The molecule has 1 aromatic carbocycles. The zero-order valence-electron chi connectivity index (χ0n) is 11.5. The van der Waals surface area contributed by atoms with Crippen LogP contribution in [-0.4, -0.2) is 20.9 Å².